The number of aryl methyl sites for hydroxylation is 1. The second-order valence-electron chi connectivity index (χ2n) is 11.7. The zero-order valence-electron chi connectivity index (χ0n) is 26.4. The van der Waals surface area contributed by atoms with E-state index in [1.54, 1.807) is 30.2 Å². The molecule has 2 aliphatic rings. The third kappa shape index (κ3) is 7.41. The van der Waals surface area contributed by atoms with Crippen molar-refractivity contribution in [3.8, 4) is 11.5 Å². The Hall–Kier alpha value is -5.08. The van der Waals surface area contributed by atoms with Gasteiger partial charge >= 0.3 is 0 Å². The number of carbonyl (C=O) groups is 2. The summed E-state index contributed by atoms with van der Waals surface area (Å²) in [4.78, 5) is 33.0. The minimum absolute atomic E-state index is 0.105. The number of carbonyl (C=O) groups excluding carboxylic acids is 2. The average molecular weight is 617 g/mol. The van der Waals surface area contributed by atoms with E-state index in [2.05, 4.69) is 27.2 Å². The van der Waals surface area contributed by atoms with Gasteiger partial charge in [0.15, 0.2) is 11.5 Å². The molecule has 46 heavy (non-hydrogen) atoms. The van der Waals surface area contributed by atoms with Gasteiger partial charge in [0, 0.05) is 44.0 Å². The summed E-state index contributed by atoms with van der Waals surface area (Å²) in [6.45, 7) is 8.00. The minimum Gasteiger partial charge on any atom is -0.497 e. The van der Waals surface area contributed by atoms with E-state index in [1.165, 1.54) is 11.3 Å². The lowest BCUT2D eigenvalue weighted by Crippen LogP contribution is -2.47. The Morgan fingerprint density at radius 3 is 2.33 bits per heavy atom. The number of methoxy groups -OCH3 is 1. The first-order valence-electron chi connectivity index (χ1n) is 15.8. The number of hydrogen-bond acceptors (Lipinski definition) is 6. The molecule has 1 fully saturated rings. The van der Waals surface area contributed by atoms with E-state index in [0.29, 0.717) is 24.4 Å². The molecule has 2 aliphatic heterocycles. The van der Waals surface area contributed by atoms with E-state index in [4.69, 9.17) is 9.47 Å². The molecule has 0 atom stereocenters. The third-order valence-corrected chi connectivity index (χ3v) is 8.51. The number of anilines is 2. The van der Waals surface area contributed by atoms with Crippen LogP contribution in [0.15, 0.2) is 103 Å². The highest BCUT2D eigenvalue weighted by atomic mass is 16.5. The molecule has 0 spiro atoms. The van der Waals surface area contributed by atoms with Gasteiger partial charge in [0.05, 0.1) is 19.3 Å². The zero-order valence-corrected chi connectivity index (χ0v) is 26.4. The van der Waals surface area contributed by atoms with Gasteiger partial charge in [0.2, 0.25) is 0 Å². The van der Waals surface area contributed by atoms with Crippen molar-refractivity contribution < 1.29 is 19.1 Å². The molecule has 1 saturated heterocycles. The molecule has 0 aliphatic carbocycles. The molecule has 0 saturated carbocycles. The molecule has 0 aromatic heterocycles. The van der Waals surface area contributed by atoms with Crippen LogP contribution in [0.3, 0.4) is 0 Å². The van der Waals surface area contributed by atoms with Gasteiger partial charge in [0.1, 0.15) is 5.75 Å². The van der Waals surface area contributed by atoms with Gasteiger partial charge in [-0.1, -0.05) is 54.1 Å². The number of fused-ring (bicyclic) bond motifs is 1. The van der Waals surface area contributed by atoms with Crippen LogP contribution in [-0.2, 0) is 11.3 Å². The van der Waals surface area contributed by atoms with E-state index in [1.807, 2.05) is 79.7 Å². The van der Waals surface area contributed by atoms with Gasteiger partial charge in [-0.2, -0.15) is 0 Å². The summed E-state index contributed by atoms with van der Waals surface area (Å²) in [5, 5.41) is 3.05. The molecule has 0 radical (unpaired) electrons. The maximum Gasteiger partial charge on any atom is 0.294 e. The molecule has 2 heterocycles. The second kappa shape index (κ2) is 14.3. The number of amides is 2. The average Bonchev–Trinajstić information content (AvgIpc) is 3.10. The molecule has 1 N–H and O–H groups in total. The fourth-order valence-corrected chi connectivity index (χ4v) is 5.81. The summed E-state index contributed by atoms with van der Waals surface area (Å²) in [5.74, 6) is 1.44. The molecule has 0 bridgehead atoms. The number of para-hydroxylation sites is 2. The highest BCUT2D eigenvalue weighted by Crippen LogP contribution is 2.36. The number of benzene rings is 4. The predicted molar refractivity (Wildman–Crippen MR) is 182 cm³/mol. The molecule has 6 rings (SSSR count). The first-order chi connectivity index (χ1) is 22.5. The maximum atomic E-state index is 13.6. The Morgan fingerprint density at radius 2 is 1.61 bits per heavy atom. The van der Waals surface area contributed by atoms with Crippen molar-refractivity contribution in [2.24, 2.45) is 0 Å². The lowest BCUT2D eigenvalue weighted by Gasteiger charge is -2.36. The van der Waals surface area contributed by atoms with E-state index in [9.17, 15) is 9.59 Å². The van der Waals surface area contributed by atoms with Crippen molar-refractivity contribution in [2.75, 3.05) is 56.2 Å². The summed E-state index contributed by atoms with van der Waals surface area (Å²) in [7, 11) is 1.68. The fraction of sp³-hybridized carbons (Fsp3) is 0.263. The summed E-state index contributed by atoms with van der Waals surface area (Å²) in [6.07, 6.45) is 2.62. The Kier molecular flexibility index (Phi) is 9.65. The number of nitrogens with one attached hydrogen (secondary N) is 1. The molecular formula is C38H40N4O4. The Morgan fingerprint density at radius 1 is 0.891 bits per heavy atom. The topological polar surface area (TPSA) is 74.4 Å². The van der Waals surface area contributed by atoms with Crippen LogP contribution in [0.1, 0.15) is 33.5 Å². The second-order valence-corrected chi connectivity index (χ2v) is 11.7. The van der Waals surface area contributed by atoms with Crippen LogP contribution >= 0.6 is 0 Å². The van der Waals surface area contributed by atoms with Crippen LogP contribution in [0.4, 0.5) is 11.4 Å². The van der Waals surface area contributed by atoms with Crippen molar-refractivity contribution in [1.82, 2.24) is 10.2 Å². The SMILES string of the molecule is COc1ccc(N2CCN(CCCNC(=O)c3ccc(/C=C4/Oc5ccccc5N(Cc5ccc(C)cc5)C4=O)cc3)CC2)cc1. The normalized spacial score (nSPS) is 15.8. The highest BCUT2D eigenvalue weighted by molar-refractivity contribution is 6.09. The quantitative estimate of drug-likeness (QED) is 0.176. The lowest BCUT2D eigenvalue weighted by atomic mass is 10.1. The first-order valence-corrected chi connectivity index (χ1v) is 15.8. The molecule has 4 aromatic rings. The molecule has 0 unspecified atom stereocenters. The van der Waals surface area contributed by atoms with Crippen molar-refractivity contribution in [1.29, 1.82) is 0 Å². The van der Waals surface area contributed by atoms with Crippen molar-refractivity contribution >= 4 is 29.3 Å². The van der Waals surface area contributed by atoms with Crippen LogP contribution in [0.2, 0.25) is 0 Å². The summed E-state index contributed by atoms with van der Waals surface area (Å²) in [6, 6.07) is 31.2. The smallest absolute Gasteiger partial charge is 0.294 e. The molecular weight excluding hydrogens is 576 g/mol. The number of ether oxygens (including phenoxy) is 2. The summed E-state index contributed by atoms with van der Waals surface area (Å²) in [5.41, 5.74) is 5.54. The lowest BCUT2D eigenvalue weighted by molar-refractivity contribution is -0.117. The third-order valence-electron chi connectivity index (χ3n) is 8.51. The van der Waals surface area contributed by atoms with Crippen molar-refractivity contribution in [2.45, 2.75) is 19.9 Å². The van der Waals surface area contributed by atoms with Crippen LogP contribution in [0, 0.1) is 6.92 Å². The molecule has 8 heteroatoms. The van der Waals surface area contributed by atoms with E-state index < -0.39 is 0 Å². The number of rotatable bonds is 10. The maximum absolute atomic E-state index is 13.6. The number of nitrogens with zero attached hydrogens (tertiary/aromatic N) is 3. The number of hydrogen-bond donors (Lipinski definition) is 1. The van der Waals surface area contributed by atoms with Gasteiger partial charge in [-0.3, -0.25) is 19.4 Å². The summed E-state index contributed by atoms with van der Waals surface area (Å²) >= 11 is 0. The van der Waals surface area contributed by atoms with E-state index in [0.717, 1.165) is 61.7 Å². The van der Waals surface area contributed by atoms with Gasteiger partial charge in [-0.25, -0.2) is 0 Å². The molecule has 8 nitrogen and oxygen atoms in total. The summed E-state index contributed by atoms with van der Waals surface area (Å²) < 4.78 is 11.3. The van der Waals surface area contributed by atoms with Gasteiger partial charge in [0.25, 0.3) is 11.8 Å². The molecule has 236 valence electrons. The molecule has 4 aromatic carbocycles. The Bertz CT molecular complexity index is 1680. The van der Waals surface area contributed by atoms with Gasteiger partial charge in [-0.05, 0) is 85.6 Å². The number of piperazine rings is 1. The van der Waals surface area contributed by atoms with Crippen molar-refractivity contribution in [3.63, 3.8) is 0 Å². The highest BCUT2D eigenvalue weighted by Gasteiger charge is 2.30. The Balaban J connectivity index is 0.994. The largest absolute Gasteiger partial charge is 0.497 e. The monoisotopic (exact) mass is 616 g/mol. The van der Waals surface area contributed by atoms with Crippen LogP contribution in [-0.4, -0.2) is 63.1 Å². The van der Waals surface area contributed by atoms with Crippen LogP contribution in [0.5, 0.6) is 11.5 Å². The minimum atomic E-state index is -0.205. The van der Waals surface area contributed by atoms with E-state index >= 15 is 0 Å². The van der Waals surface area contributed by atoms with Crippen molar-refractivity contribution in [3.05, 3.63) is 125 Å². The molecule has 2 amide bonds. The van der Waals surface area contributed by atoms with E-state index in [-0.39, 0.29) is 17.6 Å². The van der Waals surface area contributed by atoms with Gasteiger partial charge < -0.3 is 19.7 Å². The van der Waals surface area contributed by atoms with Crippen LogP contribution in [0.25, 0.3) is 6.08 Å². The Labute approximate surface area is 270 Å². The van der Waals surface area contributed by atoms with Gasteiger partial charge in [-0.15, -0.1) is 0 Å². The fourth-order valence-electron chi connectivity index (χ4n) is 5.81. The standard InChI is InChI=1S/C38H40N4O4/c1-28-8-10-30(11-9-28)27-42-34-6-3-4-7-35(34)46-36(38(42)44)26-29-12-14-31(15-13-29)37(43)39-20-5-21-40-22-24-41(25-23-40)32-16-18-33(45-2)19-17-32/h3-4,6-19,26H,5,20-25,27H2,1-2H3,(H,39,43)/b36-26+. The zero-order chi connectivity index (χ0) is 31.9. The first kappa shape index (κ1) is 30.9. The predicted octanol–water partition coefficient (Wildman–Crippen LogP) is 5.91. The van der Waals surface area contributed by atoms with Crippen LogP contribution < -0.4 is 24.6 Å².